The summed E-state index contributed by atoms with van der Waals surface area (Å²) in [5.74, 6) is -0.353. The number of nitrogens with one attached hydrogen (secondary N) is 1. The number of benzene rings is 2. The molecule has 1 aliphatic heterocycles. The molecule has 1 atom stereocenters. The largest absolute Gasteiger partial charge is 0.352 e. The summed E-state index contributed by atoms with van der Waals surface area (Å²) in [6.07, 6.45) is 0.833. The maximum atomic E-state index is 14.2. The van der Waals surface area contributed by atoms with Gasteiger partial charge >= 0.3 is 0 Å². The topological polar surface area (TPSA) is 29.1 Å². The van der Waals surface area contributed by atoms with E-state index in [1.165, 1.54) is 0 Å². The highest BCUT2D eigenvalue weighted by molar-refractivity contribution is 9.10. The van der Waals surface area contributed by atoms with Gasteiger partial charge in [-0.05, 0) is 45.6 Å². The molecule has 1 unspecified atom stereocenters. The van der Waals surface area contributed by atoms with Crippen LogP contribution in [0.1, 0.15) is 31.9 Å². The Morgan fingerprint density at radius 3 is 2.86 bits per heavy atom. The molecular formula is C16H12Br2FNO. The molecule has 5 heteroatoms. The molecule has 0 aromatic heterocycles. The van der Waals surface area contributed by atoms with Crippen molar-refractivity contribution in [1.82, 2.24) is 5.32 Å². The highest BCUT2D eigenvalue weighted by Crippen LogP contribution is 2.35. The number of rotatable bonds is 2. The highest BCUT2D eigenvalue weighted by Gasteiger charge is 2.21. The lowest BCUT2D eigenvalue weighted by molar-refractivity contribution is 0.0946. The van der Waals surface area contributed by atoms with Crippen molar-refractivity contribution >= 4 is 37.8 Å². The molecule has 2 aromatic carbocycles. The summed E-state index contributed by atoms with van der Waals surface area (Å²) in [6, 6.07) is 10.9. The molecule has 1 aliphatic rings. The van der Waals surface area contributed by atoms with Crippen molar-refractivity contribution in [3.8, 4) is 0 Å². The summed E-state index contributed by atoms with van der Waals surface area (Å²) in [5.41, 5.74) is 3.12. The lowest BCUT2D eigenvalue weighted by atomic mass is 9.95. The highest BCUT2D eigenvalue weighted by atomic mass is 79.9. The van der Waals surface area contributed by atoms with Crippen LogP contribution in [0.25, 0.3) is 0 Å². The van der Waals surface area contributed by atoms with E-state index < -0.39 is 0 Å². The first-order valence-corrected chi connectivity index (χ1v) is 8.28. The second-order valence-electron chi connectivity index (χ2n) is 4.93. The molecule has 0 aliphatic carbocycles. The average Bonchev–Trinajstić information content (AvgIpc) is 2.49. The summed E-state index contributed by atoms with van der Waals surface area (Å²) in [5, 5.41) is 2.83. The average molecular weight is 413 g/mol. The van der Waals surface area contributed by atoms with Crippen molar-refractivity contribution in [3.63, 3.8) is 0 Å². The minimum atomic E-state index is -0.296. The Balaban J connectivity index is 2.02. The third-order valence-corrected chi connectivity index (χ3v) is 5.24. The van der Waals surface area contributed by atoms with Crippen LogP contribution in [-0.4, -0.2) is 12.5 Å². The van der Waals surface area contributed by atoms with E-state index in [4.69, 9.17) is 0 Å². The first kappa shape index (κ1) is 14.7. The predicted octanol–water partition coefficient (Wildman–Crippen LogP) is 4.36. The molecule has 108 valence electrons. The molecule has 21 heavy (non-hydrogen) atoms. The van der Waals surface area contributed by atoms with E-state index in [1.54, 1.807) is 18.2 Å². The molecular weight excluding hydrogens is 401 g/mol. The molecule has 0 saturated heterocycles. The van der Waals surface area contributed by atoms with E-state index >= 15 is 0 Å². The van der Waals surface area contributed by atoms with Gasteiger partial charge in [-0.1, -0.05) is 40.2 Å². The van der Waals surface area contributed by atoms with Gasteiger partial charge in [0.05, 0.1) is 9.30 Å². The van der Waals surface area contributed by atoms with E-state index in [0.29, 0.717) is 22.1 Å². The summed E-state index contributed by atoms with van der Waals surface area (Å²) < 4.78 is 14.6. The maximum Gasteiger partial charge on any atom is 0.251 e. The Bertz CT molecular complexity index is 717. The first-order valence-electron chi connectivity index (χ1n) is 6.57. The number of fused-ring (bicyclic) bond motifs is 1. The van der Waals surface area contributed by atoms with E-state index in [2.05, 4.69) is 37.2 Å². The van der Waals surface area contributed by atoms with Gasteiger partial charge in [-0.15, -0.1) is 0 Å². The van der Waals surface area contributed by atoms with Crippen molar-refractivity contribution in [1.29, 1.82) is 0 Å². The number of hydrogen-bond donors (Lipinski definition) is 1. The second kappa shape index (κ2) is 5.89. The monoisotopic (exact) mass is 411 g/mol. The number of carbonyl (C=O) groups excluding carboxylic acids is 1. The van der Waals surface area contributed by atoms with Crippen LogP contribution in [0.15, 0.2) is 40.9 Å². The molecule has 3 rings (SSSR count). The SMILES string of the molecule is O=C1NCCc2ccc(C(Br)c3cccc(Br)c3F)cc21. The van der Waals surface area contributed by atoms with Gasteiger partial charge in [0.1, 0.15) is 5.82 Å². The van der Waals surface area contributed by atoms with Crippen molar-refractivity contribution in [2.45, 2.75) is 11.2 Å². The standard InChI is InChI=1S/C16H12Br2FNO/c17-13-3-1-2-11(15(13)19)14(18)10-5-4-9-6-7-20-16(21)12(9)8-10/h1-5,8,14H,6-7H2,(H,20,21). The third kappa shape index (κ3) is 2.77. The number of hydrogen-bond acceptors (Lipinski definition) is 1. The van der Waals surface area contributed by atoms with Crippen LogP contribution in [0.3, 0.4) is 0 Å². The van der Waals surface area contributed by atoms with Crippen LogP contribution in [0.4, 0.5) is 4.39 Å². The van der Waals surface area contributed by atoms with Gasteiger partial charge in [-0.3, -0.25) is 4.79 Å². The zero-order chi connectivity index (χ0) is 15.0. The van der Waals surface area contributed by atoms with Crippen LogP contribution in [-0.2, 0) is 6.42 Å². The molecule has 0 radical (unpaired) electrons. The Morgan fingerprint density at radius 1 is 1.24 bits per heavy atom. The van der Waals surface area contributed by atoms with Crippen molar-refractivity contribution in [2.24, 2.45) is 0 Å². The fourth-order valence-corrected chi connectivity index (χ4v) is 3.50. The van der Waals surface area contributed by atoms with E-state index in [0.717, 1.165) is 17.5 Å². The smallest absolute Gasteiger partial charge is 0.251 e. The number of carbonyl (C=O) groups is 1. The van der Waals surface area contributed by atoms with Gasteiger partial charge in [0.25, 0.3) is 5.91 Å². The summed E-state index contributed by atoms with van der Waals surface area (Å²) in [4.78, 5) is 11.6. The normalized spacial score (nSPS) is 15.3. The van der Waals surface area contributed by atoms with Gasteiger partial charge in [-0.2, -0.15) is 0 Å². The minimum absolute atomic E-state index is 0.0625. The van der Waals surface area contributed by atoms with E-state index in [-0.39, 0.29) is 16.6 Å². The quantitative estimate of drug-likeness (QED) is 0.729. The number of alkyl halides is 1. The predicted molar refractivity (Wildman–Crippen MR) is 87.3 cm³/mol. The van der Waals surface area contributed by atoms with Gasteiger partial charge in [0.2, 0.25) is 0 Å². The molecule has 1 N–H and O–H groups in total. The zero-order valence-electron chi connectivity index (χ0n) is 11.0. The van der Waals surface area contributed by atoms with Crippen LogP contribution in [0.5, 0.6) is 0 Å². The van der Waals surface area contributed by atoms with Crippen molar-refractivity contribution in [3.05, 3.63) is 68.9 Å². The molecule has 0 spiro atoms. The molecule has 0 saturated carbocycles. The van der Waals surface area contributed by atoms with Crippen LogP contribution in [0.2, 0.25) is 0 Å². The number of amides is 1. The Kier molecular flexibility index (Phi) is 4.13. The maximum absolute atomic E-state index is 14.2. The van der Waals surface area contributed by atoms with Gasteiger partial charge in [-0.25, -0.2) is 4.39 Å². The van der Waals surface area contributed by atoms with E-state index in [1.807, 2.05) is 18.2 Å². The fourth-order valence-electron chi connectivity index (χ4n) is 2.48. The second-order valence-corrected chi connectivity index (χ2v) is 6.70. The van der Waals surface area contributed by atoms with Crippen LogP contribution < -0.4 is 5.32 Å². The molecule has 2 aromatic rings. The molecule has 1 heterocycles. The van der Waals surface area contributed by atoms with Crippen molar-refractivity contribution in [2.75, 3.05) is 6.54 Å². The first-order chi connectivity index (χ1) is 10.1. The Hall–Kier alpha value is -1.20. The summed E-state index contributed by atoms with van der Waals surface area (Å²) in [7, 11) is 0. The Morgan fingerprint density at radius 2 is 2.05 bits per heavy atom. The van der Waals surface area contributed by atoms with Crippen LogP contribution >= 0.6 is 31.9 Å². The molecule has 2 nitrogen and oxygen atoms in total. The lowest BCUT2D eigenvalue weighted by Gasteiger charge is -2.19. The summed E-state index contributed by atoms with van der Waals surface area (Å²) >= 11 is 6.73. The van der Waals surface area contributed by atoms with Crippen LogP contribution in [0, 0.1) is 5.82 Å². The molecule has 1 amide bonds. The zero-order valence-corrected chi connectivity index (χ0v) is 14.2. The molecule has 0 bridgehead atoms. The van der Waals surface area contributed by atoms with Gasteiger partial charge in [0.15, 0.2) is 0 Å². The summed E-state index contributed by atoms with van der Waals surface area (Å²) in [6.45, 7) is 0.670. The molecule has 0 fully saturated rings. The van der Waals surface area contributed by atoms with Crippen molar-refractivity contribution < 1.29 is 9.18 Å². The Labute approximate surface area is 139 Å². The number of halogens is 3. The van der Waals surface area contributed by atoms with Gasteiger partial charge < -0.3 is 5.32 Å². The lowest BCUT2D eigenvalue weighted by Crippen LogP contribution is -2.31. The third-order valence-electron chi connectivity index (χ3n) is 3.61. The van der Waals surface area contributed by atoms with Gasteiger partial charge in [0, 0.05) is 17.7 Å². The van der Waals surface area contributed by atoms with E-state index in [9.17, 15) is 9.18 Å². The minimum Gasteiger partial charge on any atom is -0.352 e. The fraction of sp³-hybridized carbons (Fsp3) is 0.188.